The number of aliphatic carboxylic acids is 4. The van der Waals surface area contributed by atoms with Crippen LogP contribution in [0.5, 0.6) is 5.75 Å². The molecule has 0 spiro atoms. The molecule has 12 atom stereocenters. The van der Waals surface area contributed by atoms with Gasteiger partial charge in [0.15, 0.2) is 6.04 Å². The summed E-state index contributed by atoms with van der Waals surface area (Å²) in [6.45, 7) is 5.90. The van der Waals surface area contributed by atoms with Crippen LogP contribution in [0.15, 0.2) is 24.3 Å². The Morgan fingerprint density at radius 2 is 1.14 bits per heavy atom. The molecule has 1 fully saturated rings. The highest BCUT2D eigenvalue weighted by Crippen LogP contribution is 2.47. The van der Waals surface area contributed by atoms with Crippen LogP contribution in [0.2, 0.25) is 0 Å². The molecule has 1 aliphatic heterocycles. The molecule has 22 N–H and O–H groups in total. The fourth-order valence-corrected chi connectivity index (χ4v) is 9.18. The van der Waals surface area contributed by atoms with Gasteiger partial charge in [0.2, 0.25) is 53.2 Å². The van der Waals surface area contributed by atoms with Crippen molar-refractivity contribution in [3.05, 3.63) is 29.8 Å². The van der Waals surface area contributed by atoms with Crippen LogP contribution >= 0.6 is 8.17 Å². The van der Waals surface area contributed by atoms with Gasteiger partial charge in [-0.05, 0) is 62.1 Å². The number of aliphatic hydroxyl groups excluding tert-OH is 1. The van der Waals surface area contributed by atoms with Gasteiger partial charge in [-0.2, -0.15) is 14.7 Å². The molecule has 2 rings (SSSR count). The third-order valence-electron chi connectivity index (χ3n) is 13.2. The van der Waals surface area contributed by atoms with Crippen LogP contribution in [0.4, 0.5) is 0 Å². The lowest BCUT2D eigenvalue weighted by Gasteiger charge is -2.31. The lowest BCUT2D eigenvalue weighted by atomic mass is 9.96. The summed E-state index contributed by atoms with van der Waals surface area (Å²) in [5.41, 5.74) is 8.93. The minimum atomic E-state index is -5.32. The SMILES string of the molecule is CC[C@H](C)[C@H](NC(=O)[C@H](CCC(=O)O)NC(=O)[C@H](CC(C)C)NC(=O)[C@@H](NC(=O)[C@H](CC(=O)O)NC(=O)[C@@H]1CCCN1C(=O)[C@H](CC(=O)O)NC(=O)[C@@H]([NH3+])CC(N)=O)[C@@H](C)O[P+](O)(O)O)C(=O)N[C@@H](Cc1ccc(O)cc1)C(=O)N[C@@H](CO)C(=O)O. The molecule has 0 aliphatic carbocycles. The highest BCUT2D eigenvalue weighted by Gasteiger charge is 2.45. The van der Waals surface area contributed by atoms with E-state index in [0.29, 0.717) is 5.56 Å². The molecule has 1 aromatic rings. The Balaban J connectivity index is 2.53. The summed E-state index contributed by atoms with van der Waals surface area (Å²) in [5, 5.41) is 75.8. The number of aromatic hydroxyl groups is 1. The Morgan fingerprint density at radius 3 is 1.66 bits per heavy atom. The molecule has 480 valence electrons. The average molecular weight is 1250 g/mol. The van der Waals surface area contributed by atoms with E-state index in [2.05, 4.69) is 48.3 Å². The molecule has 1 saturated heterocycles. The maximum absolute atomic E-state index is 14.3. The minimum absolute atomic E-state index is 0.0855. The molecule has 1 heterocycles. The zero-order valence-corrected chi connectivity index (χ0v) is 48.5. The van der Waals surface area contributed by atoms with E-state index >= 15 is 0 Å². The Hall–Kier alpha value is -8.21. The van der Waals surface area contributed by atoms with Crippen LogP contribution in [-0.4, -0.2) is 213 Å². The number of primary amides is 1. The third-order valence-corrected chi connectivity index (χ3v) is 13.9. The number of rotatable bonds is 37. The average Bonchev–Trinajstić information content (AvgIpc) is 2.68. The molecule has 0 saturated carbocycles. The summed E-state index contributed by atoms with van der Waals surface area (Å²) in [6.07, 6.45) is -6.82. The van der Waals surface area contributed by atoms with Crippen molar-refractivity contribution in [3.8, 4) is 5.75 Å². The summed E-state index contributed by atoms with van der Waals surface area (Å²) >= 11 is 0. The van der Waals surface area contributed by atoms with E-state index in [0.717, 1.165) is 11.8 Å². The Bertz CT molecular complexity index is 2620. The van der Waals surface area contributed by atoms with Gasteiger partial charge < -0.3 is 89.5 Å². The summed E-state index contributed by atoms with van der Waals surface area (Å²) in [7, 11) is -5.32. The van der Waals surface area contributed by atoms with Crippen LogP contribution < -0.4 is 54.0 Å². The number of hydrogen-bond donors (Lipinski definition) is 19. The number of carbonyl (C=O) groups excluding carboxylic acids is 10. The van der Waals surface area contributed by atoms with Gasteiger partial charge in [-0.15, -0.1) is 4.52 Å². The molecule has 0 radical (unpaired) electrons. The number of nitrogens with two attached hydrogens (primary N) is 1. The lowest BCUT2D eigenvalue weighted by molar-refractivity contribution is -0.402. The zero-order valence-electron chi connectivity index (χ0n) is 47.6. The smallest absolute Gasteiger partial charge is 0.508 e. The number of nitrogens with zero attached hydrogens (tertiary/aromatic N) is 1. The van der Waals surface area contributed by atoms with Gasteiger partial charge >= 0.3 is 32.0 Å². The predicted octanol–water partition coefficient (Wildman–Crippen LogP) is -6.67. The first-order chi connectivity index (χ1) is 40.0. The first kappa shape index (κ1) is 73.9. The molecular formula is C50H78N11O24P+2. The van der Waals surface area contributed by atoms with Crippen molar-refractivity contribution < 1.29 is 123 Å². The number of phenols is 1. The van der Waals surface area contributed by atoms with E-state index in [9.17, 15) is 112 Å². The Kier molecular flexibility index (Phi) is 29.8. The fourth-order valence-electron chi connectivity index (χ4n) is 8.61. The number of carbonyl (C=O) groups is 14. The second kappa shape index (κ2) is 34.7. The van der Waals surface area contributed by atoms with E-state index in [1.54, 1.807) is 20.8 Å². The van der Waals surface area contributed by atoms with Crippen molar-refractivity contribution in [1.82, 2.24) is 47.4 Å². The van der Waals surface area contributed by atoms with Crippen LogP contribution in [0, 0.1) is 11.8 Å². The van der Waals surface area contributed by atoms with Gasteiger partial charge in [-0.3, -0.25) is 62.3 Å². The second-order valence-corrected chi connectivity index (χ2v) is 22.0. The molecule has 35 nitrogen and oxygen atoms in total. The predicted molar refractivity (Wildman–Crippen MR) is 292 cm³/mol. The molecule has 0 bridgehead atoms. The van der Waals surface area contributed by atoms with Gasteiger partial charge in [0.05, 0.1) is 25.9 Å². The Labute approximate surface area is 491 Å². The zero-order chi connectivity index (χ0) is 65.5. The van der Waals surface area contributed by atoms with Crippen LogP contribution in [0.25, 0.3) is 0 Å². The summed E-state index contributed by atoms with van der Waals surface area (Å²) in [6, 6.07) is -12.4. The first-order valence-electron chi connectivity index (χ1n) is 26.9. The van der Waals surface area contributed by atoms with Crippen molar-refractivity contribution in [3.63, 3.8) is 0 Å². The summed E-state index contributed by atoms with van der Waals surface area (Å²) in [4.78, 5) is 214. The molecule has 1 aliphatic rings. The largest absolute Gasteiger partial charge is 0.567 e. The number of aliphatic hydroxyl groups is 1. The number of quaternary nitrogens is 1. The van der Waals surface area contributed by atoms with Crippen LogP contribution in [0.3, 0.4) is 0 Å². The third kappa shape index (κ3) is 25.2. The van der Waals surface area contributed by atoms with Gasteiger partial charge in [-0.1, -0.05) is 46.2 Å². The van der Waals surface area contributed by atoms with E-state index in [4.69, 9.17) is 10.3 Å². The molecule has 1 aromatic carbocycles. The van der Waals surface area contributed by atoms with Gasteiger partial charge in [-0.25, -0.2) is 4.79 Å². The second-order valence-electron chi connectivity index (χ2n) is 20.8. The quantitative estimate of drug-likeness (QED) is 0.0275. The molecule has 10 amide bonds. The van der Waals surface area contributed by atoms with E-state index in [1.165, 1.54) is 31.2 Å². The first-order valence-corrected chi connectivity index (χ1v) is 28.4. The normalized spacial score (nSPS) is 17.0. The maximum Gasteiger partial charge on any atom is 0.567 e. The molecule has 86 heavy (non-hydrogen) atoms. The number of phenolic OH excluding ortho intramolecular Hbond substituents is 1. The monoisotopic (exact) mass is 1250 g/mol. The van der Waals surface area contributed by atoms with Crippen molar-refractivity contribution in [2.75, 3.05) is 13.2 Å². The van der Waals surface area contributed by atoms with Crippen molar-refractivity contribution in [2.45, 2.75) is 165 Å². The topological polar surface area (TPSA) is 583 Å². The van der Waals surface area contributed by atoms with E-state index in [-0.39, 0.29) is 44.4 Å². The molecule has 36 heteroatoms. The van der Waals surface area contributed by atoms with Gasteiger partial charge in [0, 0.05) is 19.4 Å². The highest BCUT2D eigenvalue weighted by molar-refractivity contribution is 7.53. The van der Waals surface area contributed by atoms with Crippen molar-refractivity contribution in [2.24, 2.45) is 17.6 Å². The number of carboxylic acid groups (broad SMARTS) is 4. The van der Waals surface area contributed by atoms with Gasteiger partial charge in [0.1, 0.15) is 66.2 Å². The number of nitrogens with one attached hydrogen (secondary N) is 8. The standard InChI is InChI=1S/C50H76N11O24P/c1-6-23(4)39(47(77)56-30(17-25-9-11-26(63)12-10-25)44(74)58-33(21-62)50(80)81)59-42(72)28(13-14-36(65)66)53-43(73)29(16-22(2)3)55-48(78)40(24(5)85-86(82,83)84)60-45(75)31(19-37(67)68)54-46(76)34-8-7-15-61(34)49(79)32(20-38(69)70)57-41(71)27(51)18-35(52)64/h9-12,22-24,27-34,39-40,62,82-84H,6-8,13-21,51H2,1-5H3,(H14-,52,53,54,55,56,57,58,59,60,63,64,65,66,67,68,69,70,71,72,73,74,75,76,77,78,80,81)/p+2/t23-,24+,27-,28-,29-,30-,31-,32-,33-,34-,39-,40-/m0/s1. The number of likely N-dealkylation sites (tertiary alicyclic amines) is 1. The van der Waals surface area contributed by atoms with E-state index < -0.39 is 208 Å². The molecule has 0 unspecified atom stereocenters. The minimum Gasteiger partial charge on any atom is -0.508 e. The van der Waals surface area contributed by atoms with Crippen LogP contribution in [0.1, 0.15) is 98.0 Å². The highest BCUT2D eigenvalue weighted by atomic mass is 31.2. The maximum atomic E-state index is 14.3. The molecule has 0 aromatic heterocycles. The van der Waals surface area contributed by atoms with Crippen molar-refractivity contribution in [1.29, 1.82) is 0 Å². The summed E-state index contributed by atoms with van der Waals surface area (Å²) < 4.78 is 4.81. The van der Waals surface area contributed by atoms with E-state index in [1.807, 2.05) is 0 Å². The fraction of sp³-hybridized carbons (Fsp3) is 0.600. The number of hydrogen-bond acceptors (Lipinski definition) is 20. The Morgan fingerprint density at radius 1 is 0.640 bits per heavy atom. The van der Waals surface area contributed by atoms with Crippen LogP contribution in [-0.2, 0) is 78.1 Å². The number of benzene rings is 1. The van der Waals surface area contributed by atoms with Gasteiger partial charge in [0.25, 0.3) is 5.91 Å². The van der Waals surface area contributed by atoms with Crippen molar-refractivity contribution >= 4 is 91.1 Å². The lowest BCUT2D eigenvalue weighted by Crippen LogP contribution is -2.70. The summed E-state index contributed by atoms with van der Waals surface area (Å²) in [5.74, 6) is -19.6. The number of carboxylic acids is 4. The number of amides is 10. The molecular weight excluding hydrogens is 1170 g/mol.